The molecule has 1 N–H and O–H groups in total. The molecule has 1 fully saturated rings. The number of aromatic nitrogens is 2. The minimum atomic E-state index is 0.186. The highest BCUT2D eigenvalue weighted by atomic mass is 16.5. The highest BCUT2D eigenvalue weighted by Crippen LogP contribution is 2.21. The normalized spacial score (nSPS) is 23.2. The molecule has 0 saturated carbocycles. The number of hydrogen-bond acceptors (Lipinski definition) is 4. The molecule has 0 aromatic carbocycles. The second kappa shape index (κ2) is 6.31. The number of likely N-dealkylation sites (N-methyl/N-ethyl adjacent to an activating group) is 2. The molecular weight excluding hydrogens is 228 g/mol. The Kier molecular flexibility index (Phi) is 4.74. The van der Waals surface area contributed by atoms with Crippen LogP contribution in [0.4, 0.5) is 0 Å². The van der Waals surface area contributed by atoms with Crippen LogP contribution >= 0.6 is 0 Å². The quantitative estimate of drug-likeness (QED) is 0.841. The monoisotopic (exact) mass is 252 g/mol. The highest BCUT2D eigenvalue weighted by molar-refractivity contribution is 5.08. The number of rotatable bonds is 5. The van der Waals surface area contributed by atoms with Crippen LogP contribution in [0.3, 0.4) is 0 Å². The van der Waals surface area contributed by atoms with E-state index in [1.54, 1.807) is 0 Å². The molecule has 102 valence electrons. The van der Waals surface area contributed by atoms with E-state index in [9.17, 15) is 0 Å². The molecule has 1 aliphatic rings. The Bertz CT molecular complexity index is 366. The van der Waals surface area contributed by atoms with Crippen molar-refractivity contribution in [2.24, 2.45) is 7.05 Å². The van der Waals surface area contributed by atoms with Crippen molar-refractivity contribution in [3.05, 3.63) is 18.0 Å². The van der Waals surface area contributed by atoms with E-state index in [-0.39, 0.29) is 12.1 Å². The Morgan fingerprint density at radius 1 is 1.56 bits per heavy atom. The second-order valence-electron chi connectivity index (χ2n) is 4.75. The van der Waals surface area contributed by atoms with Crippen molar-refractivity contribution in [3.63, 3.8) is 0 Å². The van der Waals surface area contributed by atoms with Gasteiger partial charge in [0.25, 0.3) is 0 Å². The first-order chi connectivity index (χ1) is 8.74. The van der Waals surface area contributed by atoms with Gasteiger partial charge in [-0.25, -0.2) is 0 Å². The largest absolute Gasteiger partial charge is 0.374 e. The van der Waals surface area contributed by atoms with Crippen LogP contribution < -0.4 is 5.32 Å². The zero-order chi connectivity index (χ0) is 13.0. The van der Waals surface area contributed by atoms with Crippen LogP contribution in [0, 0.1) is 0 Å². The van der Waals surface area contributed by atoms with Crippen molar-refractivity contribution in [2.45, 2.75) is 26.0 Å². The van der Waals surface area contributed by atoms with Gasteiger partial charge in [0.2, 0.25) is 0 Å². The van der Waals surface area contributed by atoms with Gasteiger partial charge in [0.05, 0.1) is 24.4 Å². The summed E-state index contributed by atoms with van der Waals surface area (Å²) in [7, 11) is 1.95. The number of hydrogen-bond donors (Lipinski definition) is 1. The Labute approximate surface area is 109 Å². The standard InChI is InChI=1S/C13H24N4O/c1-4-14-13(11-6-7-16(3)15-11)12-10-17(5-2)8-9-18-12/h6-7,12-14H,4-5,8-10H2,1-3H3. The Hall–Kier alpha value is -0.910. The van der Waals surface area contributed by atoms with Gasteiger partial charge in [-0.1, -0.05) is 13.8 Å². The summed E-state index contributed by atoms with van der Waals surface area (Å²) in [5.41, 5.74) is 1.07. The van der Waals surface area contributed by atoms with E-state index < -0.39 is 0 Å². The molecule has 18 heavy (non-hydrogen) atoms. The first kappa shape index (κ1) is 13.5. The van der Waals surface area contributed by atoms with Crippen molar-refractivity contribution in [3.8, 4) is 0 Å². The van der Waals surface area contributed by atoms with Crippen LogP contribution in [-0.2, 0) is 11.8 Å². The van der Waals surface area contributed by atoms with Crippen LogP contribution in [0.1, 0.15) is 25.6 Å². The molecule has 1 aromatic heterocycles. The summed E-state index contributed by atoms with van der Waals surface area (Å²) in [5.74, 6) is 0. The van der Waals surface area contributed by atoms with Crippen LogP contribution in [0.25, 0.3) is 0 Å². The van der Waals surface area contributed by atoms with Gasteiger partial charge in [-0.15, -0.1) is 0 Å². The van der Waals surface area contributed by atoms with E-state index in [0.29, 0.717) is 0 Å². The average Bonchev–Trinajstić information content (AvgIpc) is 2.82. The zero-order valence-corrected chi connectivity index (χ0v) is 11.6. The molecule has 1 saturated heterocycles. The molecule has 0 radical (unpaired) electrons. The van der Waals surface area contributed by atoms with Gasteiger partial charge in [0.15, 0.2) is 0 Å². The fraction of sp³-hybridized carbons (Fsp3) is 0.769. The molecule has 5 nitrogen and oxygen atoms in total. The predicted molar refractivity (Wildman–Crippen MR) is 71.5 cm³/mol. The topological polar surface area (TPSA) is 42.3 Å². The molecule has 5 heteroatoms. The molecule has 2 heterocycles. The number of nitrogens with one attached hydrogen (secondary N) is 1. The molecule has 1 aromatic rings. The van der Waals surface area contributed by atoms with E-state index in [1.807, 2.05) is 17.9 Å². The summed E-state index contributed by atoms with van der Waals surface area (Å²) >= 11 is 0. The SMILES string of the molecule is CCNC(c1ccn(C)n1)C1CN(CC)CCO1. The maximum Gasteiger partial charge on any atom is 0.0913 e. The van der Waals surface area contributed by atoms with Crippen molar-refractivity contribution in [2.75, 3.05) is 32.8 Å². The molecule has 0 bridgehead atoms. The van der Waals surface area contributed by atoms with Gasteiger partial charge in [-0.2, -0.15) is 5.10 Å². The average molecular weight is 252 g/mol. The smallest absolute Gasteiger partial charge is 0.0913 e. The van der Waals surface area contributed by atoms with E-state index in [4.69, 9.17) is 4.74 Å². The van der Waals surface area contributed by atoms with Crippen LogP contribution in [0.2, 0.25) is 0 Å². The molecule has 0 spiro atoms. The number of aryl methyl sites for hydroxylation is 1. The molecule has 2 atom stereocenters. The zero-order valence-electron chi connectivity index (χ0n) is 11.6. The maximum atomic E-state index is 5.93. The first-order valence-electron chi connectivity index (χ1n) is 6.81. The Morgan fingerprint density at radius 3 is 3.00 bits per heavy atom. The third-order valence-corrected chi connectivity index (χ3v) is 3.47. The van der Waals surface area contributed by atoms with Crippen molar-refractivity contribution >= 4 is 0 Å². The van der Waals surface area contributed by atoms with Crippen molar-refractivity contribution < 1.29 is 4.74 Å². The Morgan fingerprint density at radius 2 is 2.39 bits per heavy atom. The van der Waals surface area contributed by atoms with Gasteiger partial charge in [-0.3, -0.25) is 9.58 Å². The lowest BCUT2D eigenvalue weighted by atomic mass is 10.1. The van der Waals surface area contributed by atoms with Gasteiger partial charge in [-0.05, 0) is 19.2 Å². The molecule has 0 amide bonds. The fourth-order valence-corrected chi connectivity index (χ4v) is 2.47. The van der Waals surface area contributed by atoms with Crippen molar-refractivity contribution in [1.82, 2.24) is 20.0 Å². The summed E-state index contributed by atoms with van der Waals surface area (Å²) in [6.07, 6.45) is 2.17. The molecule has 1 aliphatic heterocycles. The van der Waals surface area contributed by atoms with Gasteiger partial charge < -0.3 is 10.1 Å². The number of ether oxygens (including phenoxy) is 1. The number of nitrogens with zero attached hydrogens (tertiary/aromatic N) is 3. The lowest BCUT2D eigenvalue weighted by molar-refractivity contribution is -0.0461. The molecule has 2 unspecified atom stereocenters. The lowest BCUT2D eigenvalue weighted by Crippen LogP contribution is -2.48. The lowest BCUT2D eigenvalue weighted by Gasteiger charge is -2.36. The molecule has 2 rings (SSSR count). The van der Waals surface area contributed by atoms with E-state index in [2.05, 4.69) is 35.2 Å². The number of morpholine rings is 1. The van der Waals surface area contributed by atoms with Gasteiger partial charge >= 0.3 is 0 Å². The third-order valence-electron chi connectivity index (χ3n) is 3.47. The summed E-state index contributed by atoms with van der Waals surface area (Å²) in [5, 5.41) is 8.01. The second-order valence-corrected chi connectivity index (χ2v) is 4.75. The third kappa shape index (κ3) is 3.10. The summed E-state index contributed by atoms with van der Waals surface area (Å²) in [4.78, 5) is 2.43. The summed E-state index contributed by atoms with van der Waals surface area (Å²) in [6, 6.07) is 2.26. The maximum absolute atomic E-state index is 5.93. The Balaban J connectivity index is 2.09. The van der Waals surface area contributed by atoms with Crippen LogP contribution in [-0.4, -0.2) is 53.6 Å². The van der Waals surface area contributed by atoms with E-state index in [0.717, 1.165) is 38.5 Å². The van der Waals surface area contributed by atoms with Crippen molar-refractivity contribution in [1.29, 1.82) is 0 Å². The van der Waals surface area contributed by atoms with E-state index >= 15 is 0 Å². The summed E-state index contributed by atoms with van der Waals surface area (Å²) in [6.45, 7) is 9.15. The van der Waals surface area contributed by atoms with Crippen LogP contribution in [0.15, 0.2) is 12.3 Å². The van der Waals surface area contributed by atoms with Gasteiger partial charge in [0.1, 0.15) is 0 Å². The minimum absolute atomic E-state index is 0.186. The van der Waals surface area contributed by atoms with E-state index in [1.165, 1.54) is 0 Å². The van der Waals surface area contributed by atoms with Gasteiger partial charge in [0, 0.05) is 26.3 Å². The fourth-order valence-electron chi connectivity index (χ4n) is 2.47. The minimum Gasteiger partial charge on any atom is -0.374 e. The molecular formula is C13H24N4O. The summed E-state index contributed by atoms with van der Waals surface area (Å²) < 4.78 is 7.78. The van der Waals surface area contributed by atoms with Crippen LogP contribution in [0.5, 0.6) is 0 Å². The first-order valence-corrected chi connectivity index (χ1v) is 6.81. The molecule has 0 aliphatic carbocycles. The predicted octanol–water partition coefficient (Wildman–Crippen LogP) is 0.791. The highest BCUT2D eigenvalue weighted by Gasteiger charge is 2.29.